The average molecular weight is 391 g/mol. The van der Waals surface area contributed by atoms with E-state index in [9.17, 15) is 18.3 Å². The molecule has 1 aliphatic heterocycles. The zero-order chi connectivity index (χ0) is 18.6. The molecule has 26 heavy (non-hydrogen) atoms. The van der Waals surface area contributed by atoms with Crippen molar-refractivity contribution in [1.29, 1.82) is 0 Å². The third-order valence-electron chi connectivity index (χ3n) is 4.71. The number of halogens is 1. The molecule has 0 spiro atoms. The summed E-state index contributed by atoms with van der Waals surface area (Å²) in [7, 11) is -3.62. The molecule has 8 heteroatoms. The van der Waals surface area contributed by atoms with Crippen molar-refractivity contribution in [3.8, 4) is 0 Å². The Balaban J connectivity index is 2.03. The van der Waals surface area contributed by atoms with E-state index in [2.05, 4.69) is 4.72 Å². The van der Waals surface area contributed by atoms with Crippen LogP contribution in [0.15, 0.2) is 47.4 Å². The molecule has 2 N–H and O–H groups in total. The lowest BCUT2D eigenvalue weighted by Gasteiger charge is -2.12. The minimum atomic E-state index is -3.62. The van der Waals surface area contributed by atoms with Gasteiger partial charge in [-0.2, -0.15) is 4.72 Å². The molecule has 0 aliphatic carbocycles. The first-order valence-corrected chi connectivity index (χ1v) is 9.77. The maximum atomic E-state index is 12.5. The molecule has 2 heterocycles. The highest BCUT2D eigenvalue weighted by atomic mass is 35.5. The molecular weight excluding hydrogens is 376 g/mol. The number of nitrogens with one attached hydrogen (secondary N) is 1. The third kappa shape index (κ3) is 2.51. The van der Waals surface area contributed by atoms with Gasteiger partial charge in [0, 0.05) is 27.2 Å². The van der Waals surface area contributed by atoms with Crippen LogP contribution in [-0.2, 0) is 21.4 Å². The summed E-state index contributed by atoms with van der Waals surface area (Å²) in [6.07, 6.45) is 0. The van der Waals surface area contributed by atoms with Gasteiger partial charge in [0.2, 0.25) is 10.0 Å². The zero-order valence-electron chi connectivity index (χ0n) is 13.7. The number of carbonyl (C=O) groups is 1. The van der Waals surface area contributed by atoms with Crippen LogP contribution in [0.1, 0.15) is 22.9 Å². The van der Waals surface area contributed by atoms with Crippen molar-refractivity contribution in [2.24, 2.45) is 0 Å². The first-order chi connectivity index (χ1) is 12.3. The predicted octanol–water partition coefficient (Wildman–Crippen LogP) is 3.07. The normalized spacial score (nSPS) is 18.2. The number of benzene rings is 2. The summed E-state index contributed by atoms with van der Waals surface area (Å²) in [5.74, 6) is -0.973. The van der Waals surface area contributed by atoms with Gasteiger partial charge in [-0.1, -0.05) is 29.8 Å². The summed E-state index contributed by atoms with van der Waals surface area (Å²) in [5.41, 5.74) is 2.75. The number of fused-ring (bicyclic) bond motifs is 2. The number of aliphatic carboxylic acids is 1. The highest BCUT2D eigenvalue weighted by Gasteiger charge is 2.37. The SMILES string of the molecule is Cc1c(C2NS(=O)(=O)c3ccccc32)c2cc(Cl)ccc2n1CC(=O)O. The molecule has 0 bridgehead atoms. The molecule has 134 valence electrons. The van der Waals surface area contributed by atoms with E-state index in [0.29, 0.717) is 21.8 Å². The number of rotatable bonds is 3. The second-order valence-corrected chi connectivity index (χ2v) is 8.35. The summed E-state index contributed by atoms with van der Waals surface area (Å²) in [6, 6.07) is 11.4. The fourth-order valence-electron chi connectivity index (χ4n) is 3.64. The van der Waals surface area contributed by atoms with E-state index >= 15 is 0 Å². The monoisotopic (exact) mass is 390 g/mol. The van der Waals surface area contributed by atoms with Crippen LogP contribution in [0.2, 0.25) is 5.02 Å². The molecule has 2 aromatic carbocycles. The van der Waals surface area contributed by atoms with Crippen molar-refractivity contribution in [3.05, 3.63) is 64.3 Å². The van der Waals surface area contributed by atoms with Gasteiger partial charge in [0.1, 0.15) is 6.54 Å². The van der Waals surface area contributed by atoms with Crippen LogP contribution in [0.5, 0.6) is 0 Å². The molecule has 0 radical (unpaired) electrons. The highest BCUT2D eigenvalue weighted by molar-refractivity contribution is 7.89. The maximum Gasteiger partial charge on any atom is 0.323 e. The second-order valence-electron chi connectivity index (χ2n) is 6.23. The Hall–Kier alpha value is -2.35. The first-order valence-electron chi connectivity index (χ1n) is 7.91. The van der Waals surface area contributed by atoms with Gasteiger partial charge in [0.15, 0.2) is 0 Å². The number of nitrogens with zero attached hydrogens (tertiary/aromatic N) is 1. The van der Waals surface area contributed by atoms with Gasteiger partial charge in [0.05, 0.1) is 10.9 Å². The Labute approximate surface area is 155 Å². The van der Waals surface area contributed by atoms with Crippen molar-refractivity contribution in [1.82, 2.24) is 9.29 Å². The molecule has 0 amide bonds. The largest absolute Gasteiger partial charge is 0.480 e. The molecule has 1 atom stereocenters. The van der Waals surface area contributed by atoms with Crippen molar-refractivity contribution < 1.29 is 18.3 Å². The molecule has 6 nitrogen and oxygen atoms in total. The van der Waals surface area contributed by atoms with Gasteiger partial charge in [-0.05, 0) is 36.8 Å². The molecule has 0 fully saturated rings. The highest BCUT2D eigenvalue weighted by Crippen LogP contribution is 2.41. The van der Waals surface area contributed by atoms with Gasteiger partial charge >= 0.3 is 5.97 Å². The van der Waals surface area contributed by atoms with Gasteiger partial charge in [0.25, 0.3) is 0 Å². The molecule has 4 rings (SSSR count). The van der Waals surface area contributed by atoms with E-state index in [1.807, 2.05) is 0 Å². The van der Waals surface area contributed by atoms with Crippen molar-refractivity contribution in [2.45, 2.75) is 24.4 Å². The number of carboxylic acid groups (broad SMARTS) is 1. The molecular formula is C18H15ClN2O4S. The summed E-state index contributed by atoms with van der Waals surface area (Å²) in [4.78, 5) is 11.5. The molecule has 1 aliphatic rings. The van der Waals surface area contributed by atoms with Crippen molar-refractivity contribution >= 4 is 38.5 Å². The predicted molar refractivity (Wildman–Crippen MR) is 97.9 cm³/mol. The molecule has 1 unspecified atom stereocenters. The van der Waals surface area contributed by atoms with E-state index in [-0.39, 0.29) is 11.4 Å². The van der Waals surface area contributed by atoms with E-state index in [1.54, 1.807) is 54.0 Å². The number of hydrogen-bond donors (Lipinski definition) is 2. The van der Waals surface area contributed by atoms with E-state index in [1.165, 1.54) is 0 Å². The summed E-state index contributed by atoms with van der Waals surface area (Å²) in [5, 5.41) is 10.5. The van der Waals surface area contributed by atoms with E-state index < -0.39 is 22.0 Å². The topological polar surface area (TPSA) is 88.4 Å². The van der Waals surface area contributed by atoms with Crippen LogP contribution < -0.4 is 4.72 Å². The van der Waals surface area contributed by atoms with Crippen LogP contribution in [0.4, 0.5) is 0 Å². The number of sulfonamides is 1. The third-order valence-corrected chi connectivity index (χ3v) is 6.44. The molecule has 3 aromatic rings. The Morgan fingerprint density at radius 2 is 2.00 bits per heavy atom. The molecule has 1 aromatic heterocycles. The lowest BCUT2D eigenvalue weighted by atomic mass is 9.97. The lowest BCUT2D eigenvalue weighted by molar-refractivity contribution is -0.137. The lowest BCUT2D eigenvalue weighted by Crippen LogP contribution is -2.21. The Morgan fingerprint density at radius 1 is 1.27 bits per heavy atom. The number of hydrogen-bond acceptors (Lipinski definition) is 3. The minimum Gasteiger partial charge on any atom is -0.480 e. The smallest absolute Gasteiger partial charge is 0.323 e. The summed E-state index contributed by atoms with van der Waals surface area (Å²) >= 11 is 6.16. The number of aromatic nitrogens is 1. The standard InChI is InChI=1S/C18H15ClN2O4S/c1-10-17(18-12-4-2-3-5-15(12)26(24,25)20-18)13-8-11(19)6-7-14(13)21(10)9-16(22)23/h2-8,18,20H,9H2,1H3,(H,22,23). The summed E-state index contributed by atoms with van der Waals surface area (Å²) in [6.45, 7) is 1.58. The fourth-order valence-corrected chi connectivity index (χ4v) is 5.25. The van der Waals surface area contributed by atoms with Crippen LogP contribution in [0, 0.1) is 6.92 Å². The maximum absolute atomic E-state index is 12.5. The Morgan fingerprint density at radius 3 is 2.73 bits per heavy atom. The molecule has 0 saturated heterocycles. The quantitative estimate of drug-likeness (QED) is 0.719. The minimum absolute atomic E-state index is 0.217. The number of carboxylic acids is 1. The van der Waals surface area contributed by atoms with Gasteiger partial charge in [-0.25, -0.2) is 8.42 Å². The van der Waals surface area contributed by atoms with Crippen LogP contribution in [0.3, 0.4) is 0 Å². The zero-order valence-corrected chi connectivity index (χ0v) is 15.3. The van der Waals surface area contributed by atoms with Crippen LogP contribution in [-0.4, -0.2) is 24.1 Å². The van der Waals surface area contributed by atoms with Crippen LogP contribution >= 0.6 is 11.6 Å². The first kappa shape index (κ1) is 17.1. The molecule has 0 saturated carbocycles. The van der Waals surface area contributed by atoms with Gasteiger partial charge in [-0.3, -0.25) is 4.79 Å². The second kappa shape index (κ2) is 5.84. The van der Waals surface area contributed by atoms with Crippen molar-refractivity contribution in [2.75, 3.05) is 0 Å². The summed E-state index contributed by atoms with van der Waals surface area (Å²) < 4.78 is 29.4. The van der Waals surface area contributed by atoms with Crippen LogP contribution in [0.25, 0.3) is 10.9 Å². The average Bonchev–Trinajstić information content (AvgIpc) is 2.99. The fraction of sp³-hybridized carbons (Fsp3) is 0.167. The van der Waals surface area contributed by atoms with Crippen molar-refractivity contribution in [3.63, 3.8) is 0 Å². The Kier molecular flexibility index (Phi) is 3.83. The Bertz CT molecular complexity index is 1170. The van der Waals surface area contributed by atoms with E-state index in [0.717, 1.165) is 10.9 Å². The van der Waals surface area contributed by atoms with Gasteiger partial charge < -0.3 is 9.67 Å². The van der Waals surface area contributed by atoms with E-state index in [4.69, 9.17) is 11.6 Å². The van der Waals surface area contributed by atoms with Gasteiger partial charge in [-0.15, -0.1) is 0 Å².